The number of halogens is 2. The summed E-state index contributed by atoms with van der Waals surface area (Å²) in [6, 6.07) is 12.4. The van der Waals surface area contributed by atoms with E-state index in [1.54, 1.807) is 36.5 Å². The van der Waals surface area contributed by atoms with Crippen LogP contribution in [0.15, 0.2) is 59.6 Å². The first-order chi connectivity index (χ1) is 18.9. The van der Waals surface area contributed by atoms with Gasteiger partial charge < -0.3 is 9.64 Å². The average Bonchev–Trinajstić information content (AvgIpc) is 3.45. The number of carbonyl (C=O) groups is 1. The molecule has 1 atom stereocenters. The fraction of sp³-hybridized carbons (Fsp3) is 0.444. The maximum atomic E-state index is 13.4. The Kier molecular flexibility index (Phi) is 7.36. The number of hydrogen-bond acceptors (Lipinski definition) is 7. The molecule has 1 saturated heterocycles. The fourth-order valence-electron chi connectivity index (χ4n) is 5.35. The Balaban J connectivity index is 1.41. The molecule has 9 nitrogen and oxygen atoms in total. The molecule has 13 heteroatoms. The average molecular weight is 571 g/mol. The number of nitrogens with zero attached hydrogens (tertiary/aromatic N) is 4. The number of sulfonamides is 1. The summed E-state index contributed by atoms with van der Waals surface area (Å²) in [6.07, 6.45) is 3.78. The summed E-state index contributed by atoms with van der Waals surface area (Å²) < 4.78 is 61.4. The van der Waals surface area contributed by atoms with Crippen molar-refractivity contribution in [3.05, 3.63) is 60.3 Å². The predicted octanol–water partition coefficient (Wildman–Crippen LogP) is 4.74. The van der Waals surface area contributed by atoms with Crippen LogP contribution >= 0.6 is 0 Å². The Morgan fingerprint density at radius 1 is 1.15 bits per heavy atom. The molecule has 1 N–H and O–H groups in total. The molecule has 0 spiro atoms. The molecule has 1 aliphatic heterocycles. The lowest BCUT2D eigenvalue weighted by molar-refractivity contribution is 0.0981. The lowest BCUT2D eigenvalue weighted by Crippen LogP contribution is -2.41. The Labute approximate surface area is 233 Å². The van der Waals surface area contributed by atoms with Gasteiger partial charge in [-0.1, -0.05) is 25.1 Å². The molecule has 1 amide bonds. The van der Waals surface area contributed by atoms with Crippen LogP contribution in [0, 0.1) is 5.92 Å². The molecule has 1 aliphatic carbocycles. The van der Waals surface area contributed by atoms with Gasteiger partial charge in [0.1, 0.15) is 5.82 Å². The van der Waals surface area contributed by atoms with Gasteiger partial charge >= 0.3 is 7.27 Å². The van der Waals surface area contributed by atoms with Crippen molar-refractivity contribution in [2.75, 3.05) is 18.1 Å². The number of rotatable bonds is 10. The summed E-state index contributed by atoms with van der Waals surface area (Å²) >= 11 is 0. The maximum Gasteiger partial charge on any atom is 0.544 e. The van der Waals surface area contributed by atoms with E-state index in [2.05, 4.69) is 30.6 Å². The third-order valence-electron chi connectivity index (χ3n) is 7.72. The molecular weight excluding hydrogens is 539 g/mol. The van der Waals surface area contributed by atoms with E-state index >= 15 is 0 Å². The van der Waals surface area contributed by atoms with Crippen LogP contribution in [0.2, 0.25) is 5.31 Å². The van der Waals surface area contributed by atoms with E-state index in [0.29, 0.717) is 36.9 Å². The van der Waals surface area contributed by atoms with Gasteiger partial charge in [-0.15, -0.1) is 5.10 Å². The summed E-state index contributed by atoms with van der Waals surface area (Å²) in [5, 5.41) is 3.46. The number of nitrogens with one attached hydrogen (secondary N) is 1. The van der Waals surface area contributed by atoms with Crippen LogP contribution in [0.25, 0.3) is 5.82 Å². The molecule has 0 bridgehead atoms. The van der Waals surface area contributed by atoms with Crippen molar-refractivity contribution >= 4 is 29.0 Å². The zero-order chi connectivity index (χ0) is 28.7. The van der Waals surface area contributed by atoms with Crippen LogP contribution < -0.4 is 14.4 Å². The van der Waals surface area contributed by atoms with Crippen LogP contribution in [0.1, 0.15) is 56.8 Å². The number of amides is 1. The van der Waals surface area contributed by atoms with Crippen LogP contribution in [-0.2, 0) is 10.0 Å². The standard InChI is InChI=1S/C27H32BF2N5O4S/c1-19-17-26(2,3)34(18-19)24-21(25(36)33-40(37,38)20-7-5-4-6-8-20)9-10-22(31-24)35-15-11-23(32-35)39-16-14-27(12-13-27)28(29)30/h4-11,15,19H,12-14,16-18H2,1-3H3,(H,33,36). The number of pyridine rings is 1. The molecule has 5 rings (SSSR count). The summed E-state index contributed by atoms with van der Waals surface area (Å²) in [6.45, 7) is 6.99. The van der Waals surface area contributed by atoms with Gasteiger partial charge in [0.25, 0.3) is 15.9 Å². The SMILES string of the molecule is CC1CN(c2nc(-n3ccc(OCCC4(B(F)F)CC4)n3)ccc2C(=O)NS(=O)(=O)c2ccccc2)C(C)(C)C1. The Morgan fingerprint density at radius 2 is 1.88 bits per heavy atom. The lowest BCUT2D eigenvalue weighted by Gasteiger charge is -2.34. The topological polar surface area (TPSA) is 106 Å². The Hall–Kier alpha value is -3.48. The van der Waals surface area contributed by atoms with E-state index in [1.165, 1.54) is 22.9 Å². The van der Waals surface area contributed by atoms with Gasteiger partial charge in [-0.05, 0) is 69.7 Å². The van der Waals surface area contributed by atoms with Gasteiger partial charge in [-0.25, -0.2) is 22.8 Å². The molecule has 2 fully saturated rings. The van der Waals surface area contributed by atoms with Crippen molar-refractivity contribution in [3.8, 4) is 11.7 Å². The smallest absolute Gasteiger partial charge is 0.477 e. The molecule has 1 aromatic carbocycles. The van der Waals surface area contributed by atoms with Gasteiger partial charge in [-0.3, -0.25) is 13.4 Å². The number of aromatic nitrogens is 3. The summed E-state index contributed by atoms with van der Waals surface area (Å²) in [5.41, 5.74) is -0.212. The second-order valence-electron chi connectivity index (χ2n) is 11.4. The van der Waals surface area contributed by atoms with Crippen molar-refractivity contribution in [3.63, 3.8) is 0 Å². The number of hydrogen-bond donors (Lipinski definition) is 1. The first-order valence-electron chi connectivity index (χ1n) is 13.3. The fourth-order valence-corrected chi connectivity index (χ4v) is 6.34. The lowest BCUT2D eigenvalue weighted by atomic mass is 9.72. The molecule has 40 heavy (non-hydrogen) atoms. The largest absolute Gasteiger partial charge is 0.544 e. The number of ether oxygens (including phenoxy) is 1. The molecular formula is C27H32BF2N5O4S. The van der Waals surface area contributed by atoms with Gasteiger partial charge in [0.05, 0.1) is 17.1 Å². The number of carbonyl (C=O) groups excluding carboxylic acids is 1. The van der Waals surface area contributed by atoms with Gasteiger partial charge in [0.2, 0.25) is 5.88 Å². The minimum Gasteiger partial charge on any atom is -0.477 e. The normalized spacial score (nSPS) is 19.3. The van der Waals surface area contributed by atoms with Gasteiger partial charge in [0.15, 0.2) is 5.82 Å². The van der Waals surface area contributed by atoms with Crippen molar-refractivity contribution in [1.82, 2.24) is 19.5 Å². The molecule has 2 aliphatic rings. The molecule has 3 heterocycles. The minimum absolute atomic E-state index is 0.0187. The second kappa shape index (κ2) is 10.5. The summed E-state index contributed by atoms with van der Waals surface area (Å²) in [5.74, 6) is 0.564. The van der Waals surface area contributed by atoms with Crippen molar-refractivity contribution in [2.24, 2.45) is 5.92 Å². The highest BCUT2D eigenvalue weighted by Crippen LogP contribution is 2.59. The summed E-state index contributed by atoms with van der Waals surface area (Å²) in [4.78, 5) is 20.1. The highest BCUT2D eigenvalue weighted by atomic mass is 32.2. The van der Waals surface area contributed by atoms with E-state index in [4.69, 9.17) is 9.72 Å². The van der Waals surface area contributed by atoms with E-state index in [-0.39, 0.29) is 34.9 Å². The molecule has 212 valence electrons. The van der Waals surface area contributed by atoms with Gasteiger partial charge in [0, 0.05) is 29.7 Å². The third-order valence-corrected chi connectivity index (χ3v) is 9.07. The van der Waals surface area contributed by atoms with E-state index < -0.39 is 28.5 Å². The van der Waals surface area contributed by atoms with Crippen LogP contribution in [-0.4, -0.2) is 55.0 Å². The monoisotopic (exact) mass is 571 g/mol. The first kappa shape index (κ1) is 28.1. The minimum atomic E-state index is -4.09. The second-order valence-corrected chi connectivity index (χ2v) is 13.1. The molecule has 1 saturated carbocycles. The number of benzene rings is 1. The first-order valence-corrected chi connectivity index (χ1v) is 14.8. The molecule has 0 radical (unpaired) electrons. The summed E-state index contributed by atoms with van der Waals surface area (Å²) in [7, 11) is -6.45. The zero-order valence-electron chi connectivity index (χ0n) is 22.7. The molecule has 1 unspecified atom stereocenters. The Bertz CT molecular complexity index is 1500. The Morgan fingerprint density at radius 3 is 2.50 bits per heavy atom. The van der Waals surface area contributed by atoms with Crippen molar-refractivity contribution in [1.29, 1.82) is 0 Å². The quantitative estimate of drug-likeness (QED) is 0.351. The maximum absolute atomic E-state index is 13.4. The van der Waals surface area contributed by atoms with Crippen molar-refractivity contribution in [2.45, 2.75) is 62.2 Å². The highest BCUT2D eigenvalue weighted by Gasteiger charge is 2.54. The highest BCUT2D eigenvalue weighted by molar-refractivity contribution is 7.90. The predicted molar refractivity (Wildman–Crippen MR) is 148 cm³/mol. The van der Waals surface area contributed by atoms with Gasteiger partial charge in [-0.2, -0.15) is 0 Å². The zero-order valence-corrected chi connectivity index (χ0v) is 23.5. The van der Waals surface area contributed by atoms with E-state index in [0.717, 1.165) is 6.42 Å². The number of anilines is 1. The van der Waals surface area contributed by atoms with E-state index in [9.17, 15) is 21.8 Å². The molecule has 2 aromatic heterocycles. The van der Waals surface area contributed by atoms with Crippen LogP contribution in [0.5, 0.6) is 5.88 Å². The van der Waals surface area contributed by atoms with E-state index in [1.807, 2.05) is 4.90 Å². The van der Waals surface area contributed by atoms with Crippen LogP contribution in [0.4, 0.5) is 14.4 Å². The van der Waals surface area contributed by atoms with Crippen molar-refractivity contribution < 1.29 is 26.6 Å². The third kappa shape index (κ3) is 5.70. The molecule has 3 aromatic rings. The van der Waals surface area contributed by atoms with Crippen LogP contribution in [0.3, 0.4) is 0 Å².